The van der Waals surface area contributed by atoms with Crippen LogP contribution in [-0.4, -0.2) is 60.3 Å². The van der Waals surface area contributed by atoms with Gasteiger partial charge in [0.15, 0.2) is 5.96 Å². The Morgan fingerprint density at radius 3 is 2.65 bits per heavy atom. The average Bonchev–Trinajstić information content (AvgIpc) is 3.26. The van der Waals surface area contributed by atoms with Crippen LogP contribution in [0.5, 0.6) is 5.88 Å². The van der Waals surface area contributed by atoms with Gasteiger partial charge in [-0.15, -0.1) is 24.0 Å². The molecule has 2 fully saturated rings. The van der Waals surface area contributed by atoms with E-state index in [4.69, 9.17) is 14.5 Å². The Hall–Kier alpha value is -1.78. The number of ether oxygens (including phenoxy) is 2. The largest absolute Gasteiger partial charge is 0.474 e. The van der Waals surface area contributed by atoms with Crippen LogP contribution in [0.4, 0.5) is 4.79 Å². The number of hydrogen-bond acceptors (Lipinski definition) is 5. The fourth-order valence-corrected chi connectivity index (χ4v) is 3.90. The SMILES string of the molecule is CCNC(=NCc1ccnc(OC2CCCC2)c1)NC1CCN(C(=O)OCC)CC1.I. The molecule has 8 nitrogen and oxygen atoms in total. The van der Waals surface area contributed by atoms with Crippen molar-refractivity contribution in [2.24, 2.45) is 4.99 Å². The molecule has 2 aliphatic rings. The van der Waals surface area contributed by atoms with Gasteiger partial charge in [0.25, 0.3) is 0 Å². The molecule has 31 heavy (non-hydrogen) atoms. The highest BCUT2D eigenvalue weighted by atomic mass is 127. The number of aliphatic imine (C=N–C) groups is 1. The number of nitrogens with one attached hydrogen (secondary N) is 2. The summed E-state index contributed by atoms with van der Waals surface area (Å²) in [6.45, 7) is 7.04. The van der Waals surface area contributed by atoms with Gasteiger partial charge >= 0.3 is 6.09 Å². The van der Waals surface area contributed by atoms with Gasteiger partial charge in [-0.2, -0.15) is 0 Å². The zero-order valence-electron chi connectivity index (χ0n) is 18.6. The second-order valence-corrected chi connectivity index (χ2v) is 7.83. The van der Waals surface area contributed by atoms with Crippen LogP contribution in [0.25, 0.3) is 0 Å². The summed E-state index contributed by atoms with van der Waals surface area (Å²) < 4.78 is 11.1. The molecule has 0 unspecified atom stereocenters. The van der Waals surface area contributed by atoms with Gasteiger partial charge in [-0.3, -0.25) is 0 Å². The molecular formula is C22H36IN5O3. The number of pyridine rings is 1. The van der Waals surface area contributed by atoms with Gasteiger partial charge in [-0.25, -0.2) is 14.8 Å². The number of likely N-dealkylation sites (tertiary alicyclic amines) is 1. The molecule has 1 aromatic heterocycles. The van der Waals surface area contributed by atoms with Gasteiger partial charge in [0.05, 0.1) is 13.2 Å². The Morgan fingerprint density at radius 1 is 1.23 bits per heavy atom. The van der Waals surface area contributed by atoms with E-state index in [1.54, 1.807) is 11.1 Å². The molecule has 1 saturated heterocycles. The third-order valence-corrected chi connectivity index (χ3v) is 5.51. The first kappa shape index (κ1) is 25.5. The lowest BCUT2D eigenvalue weighted by molar-refractivity contribution is 0.0963. The summed E-state index contributed by atoms with van der Waals surface area (Å²) >= 11 is 0. The molecule has 2 heterocycles. The lowest BCUT2D eigenvalue weighted by atomic mass is 10.1. The van der Waals surface area contributed by atoms with Crippen molar-refractivity contribution in [2.45, 2.75) is 71.1 Å². The molecule has 174 valence electrons. The third kappa shape index (κ3) is 8.34. The summed E-state index contributed by atoms with van der Waals surface area (Å²) in [4.78, 5) is 22.7. The molecule has 1 aliphatic heterocycles. The first-order chi connectivity index (χ1) is 14.7. The maximum Gasteiger partial charge on any atom is 0.409 e. The van der Waals surface area contributed by atoms with Crippen molar-refractivity contribution in [1.82, 2.24) is 20.5 Å². The lowest BCUT2D eigenvalue weighted by Crippen LogP contribution is -2.49. The normalized spacial score (nSPS) is 17.7. The molecule has 0 atom stereocenters. The maximum atomic E-state index is 11.9. The van der Waals surface area contributed by atoms with Crippen LogP contribution in [0.3, 0.4) is 0 Å². The number of nitrogens with zero attached hydrogens (tertiary/aromatic N) is 3. The van der Waals surface area contributed by atoms with Crippen LogP contribution in [-0.2, 0) is 11.3 Å². The molecular weight excluding hydrogens is 509 g/mol. The van der Waals surface area contributed by atoms with E-state index in [2.05, 4.69) is 22.5 Å². The summed E-state index contributed by atoms with van der Waals surface area (Å²) in [7, 11) is 0. The number of hydrogen-bond donors (Lipinski definition) is 2. The Kier molecular flexibility index (Phi) is 11.2. The number of carbonyl (C=O) groups is 1. The molecule has 1 aliphatic carbocycles. The number of carbonyl (C=O) groups excluding carboxylic acids is 1. The predicted molar refractivity (Wildman–Crippen MR) is 132 cm³/mol. The van der Waals surface area contributed by atoms with Gasteiger partial charge in [0.2, 0.25) is 5.88 Å². The van der Waals surface area contributed by atoms with E-state index in [0.29, 0.717) is 38.2 Å². The highest BCUT2D eigenvalue weighted by Gasteiger charge is 2.24. The number of guanidine groups is 1. The highest BCUT2D eigenvalue weighted by molar-refractivity contribution is 14.0. The minimum atomic E-state index is -0.218. The fraction of sp³-hybridized carbons (Fsp3) is 0.682. The molecule has 9 heteroatoms. The van der Waals surface area contributed by atoms with Gasteiger partial charge in [-0.05, 0) is 64.0 Å². The van der Waals surface area contributed by atoms with E-state index in [1.807, 2.05) is 19.1 Å². The Balaban J connectivity index is 0.00000341. The zero-order chi connectivity index (χ0) is 21.2. The number of rotatable bonds is 7. The van der Waals surface area contributed by atoms with Crippen molar-refractivity contribution in [1.29, 1.82) is 0 Å². The Bertz CT molecular complexity index is 704. The smallest absolute Gasteiger partial charge is 0.409 e. The molecule has 1 saturated carbocycles. The molecule has 1 amide bonds. The number of amides is 1. The summed E-state index contributed by atoms with van der Waals surface area (Å²) in [5, 5.41) is 6.82. The van der Waals surface area contributed by atoms with Crippen molar-refractivity contribution < 1.29 is 14.3 Å². The van der Waals surface area contributed by atoms with Gasteiger partial charge in [0, 0.05) is 37.9 Å². The van der Waals surface area contributed by atoms with Crippen LogP contribution in [0.15, 0.2) is 23.3 Å². The van der Waals surface area contributed by atoms with Crippen molar-refractivity contribution in [3.8, 4) is 5.88 Å². The van der Waals surface area contributed by atoms with Crippen LogP contribution in [0.2, 0.25) is 0 Å². The molecule has 1 aromatic rings. The van der Waals surface area contributed by atoms with Gasteiger partial charge in [0.1, 0.15) is 6.10 Å². The Labute approximate surface area is 202 Å². The van der Waals surface area contributed by atoms with Gasteiger partial charge in [-0.1, -0.05) is 0 Å². The second-order valence-electron chi connectivity index (χ2n) is 7.83. The summed E-state index contributed by atoms with van der Waals surface area (Å²) in [5.74, 6) is 1.49. The standard InChI is InChI=1S/C22H35N5O3.HI/c1-3-23-21(26-18-10-13-27(14-11-18)22(28)29-4-2)25-16-17-9-12-24-20(15-17)30-19-7-5-6-8-19;/h9,12,15,18-19H,3-8,10-11,13-14,16H2,1-2H3,(H2,23,25,26);1H. The van der Waals surface area contributed by atoms with Crippen LogP contribution in [0.1, 0.15) is 57.9 Å². The van der Waals surface area contributed by atoms with Crippen LogP contribution >= 0.6 is 24.0 Å². The van der Waals surface area contributed by atoms with E-state index in [-0.39, 0.29) is 36.1 Å². The topological polar surface area (TPSA) is 88.1 Å². The zero-order valence-corrected chi connectivity index (χ0v) is 21.0. The van der Waals surface area contributed by atoms with Gasteiger partial charge < -0.3 is 25.0 Å². The molecule has 3 rings (SSSR count). The van der Waals surface area contributed by atoms with Crippen molar-refractivity contribution in [2.75, 3.05) is 26.2 Å². The fourth-order valence-electron chi connectivity index (χ4n) is 3.90. The minimum Gasteiger partial charge on any atom is -0.474 e. The molecule has 0 radical (unpaired) electrons. The lowest BCUT2D eigenvalue weighted by Gasteiger charge is -2.32. The van der Waals surface area contributed by atoms with Crippen LogP contribution in [0, 0.1) is 0 Å². The van der Waals surface area contributed by atoms with Crippen molar-refractivity contribution in [3.05, 3.63) is 23.9 Å². The minimum absolute atomic E-state index is 0. The van der Waals surface area contributed by atoms with E-state index in [1.165, 1.54) is 12.8 Å². The first-order valence-electron chi connectivity index (χ1n) is 11.3. The molecule has 0 spiro atoms. The monoisotopic (exact) mass is 545 g/mol. The number of aromatic nitrogens is 1. The van der Waals surface area contributed by atoms with E-state index in [9.17, 15) is 4.79 Å². The van der Waals surface area contributed by atoms with Crippen molar-refractivity contribution in [3.63, 3.8) is 0 Å². The average molecular weight is 545 g/mol. The molecule has 0 aromatic carbocycles. The van der Waals surface area contributed by atoms with E-state index < -0.39 is 0 Å². The highest BCUT2D eigenvalue weighted by Crippen LogP contribution is 2.23. The summed E-state index contributed by atoms with van der Waals surface area (Å²) in [6.07, 6.45) is 8.34. The van der Waals surface area contributed by atoms with E-state index in [0.717, 1.165) is 43.8 Å². The summed E-state index contributed by atoms with van der Waals surface area (Å²) in [6, 6.07) is 4.25. The quantitative estimate of drug-likeness (QED) is 0.309. The molecule has 0 bridgehead atoms. The second kappa shape index (κ2) is 13.6. The Morgan fingerprint density at radius 2 is 1.97 bits per heavy atom. The summed E-state index contributed by atoms with van der Waals surface area (Å²) in [5.41, 5.74) is 1.08. The predicted octanol–water partition coefficient (Wildman–Crippen LogP) is 3.70. The third-order valence-electron chi connectivity index (χ3n) is 5.51. The first-order valence-corrected chi connectivity index (χ1v) is 11.3. The molecule has 2 N–H and O–H groups in total. The van der Waals surface area contributed by atoms with Crippen molar-refractivity contribution >= 4 is 36.0 Å². The number of piperidine rings is 1. The van der Waals surface area contributed by atoms with Crippen LogP contribution < -0.4 is 15.4 Å². The maximum absolute atomic E-state index is 11.9. The number of halogens is 1. The van der Waals surface area contributed by atoms with E-state index >= 15 is 0 Å².